The van der Waals surface area contributed by atoms with Crippen molar-refractivity contribution in [1.82, 2.24) is 4.90 Å². The summed E-state index contributed by atoms with van der Waals surface area (Å²) in [5.41, 5.74) is 2.65. The summed E-state index contributed by atoms with van der Waals surface area (Å²) in [6.07, 6.45) is 3.42. The lowest BCUT2D eigenvalue weighted by molar-refractivity contribution is -0.120. The van der Waals surface area contributed by atoms with Gasteiger partial charge in [0.15, 0.2) is 0 Å². The van der Waals surface area contributed by atoms with E-state index in [1.807, 2.05) is 12.1 Å². The third-order valence-corrected chi connectivity index (χ3v) is 7.82. The quantitative estimate of drug-likeness (QED) is 0.597. The number of rotatable bonds is 6. The molecule has 6 heteroatoms. The molecule has 2 bridgehead atoms. The Hall–Kier alpha value is -2.41. The van der Waals surface area contributed by atoms with Crippen LogP contribution in [0.3, 0.4) is 0 Å². The molecule has 3 aromatic carbocycles. The molecule has 2 aliphatic rings. The topological polar surface area (TPSA) is 58.6 Å². The van der Waals surface area contributed by atoms with E-state index in [4.69, 9.17) is 4.74 Å². The lowest BCUT2D eigenvalue weighted by Gasteiger charge is -2.47. The molecule has 2 unspecified atom stereocenters. The van der Waals surface area contributed by atoms with E-state index >= 15 is 0 Å². The summed E-state index contributed by atoms with van der Waals surface area (Å²) in [7, 11) is -1.51. The van der Waals surface area contributed by atoms with E-state index in [1.165, 1.54) is 22.6 Å². The molecule has 0 spiro atoms. The molecule has 1 aliphatic carbocycles. The van der Waals surface area contributed by atoms with Crippen LogP contribution < -0.4 is 4.72 Å². The molecule has 0 amide bonds. The average molecular weight is 451 g/mol. The fourth-order valence-electron chi connectivity index (χ4n) is 6.00. The van der Waals surface area contributed by atoms with Crippen molar-refractivity contribution >= 4 is 26.5 Å². The molecule has 1 saturated heterocycles. The molecule has 0 radical (unpaired) electrons. The van der Waals surface area contributed by atoms with Crippen LogP contribution in [0, 0.1) is 11.8 Å². The Morgan fingerprint density at radius 1 is 0.969 bits per heavy atom. The first kappa shape index (κ1) is 21.4. The highest BCUT2D eigenvalue weighted by Crippen LogP contribution is 2.54. The van der Waals surface area contributed by atoms with Crippen molar-refractivity contribution in [2.45, 2.75) is 25.0 Å². The Balaban J connectivity index is 1.39. The number of anilines is 1. The molecule has 3 aromatic rings. The van der Waals surface area contributed by atoms with Gasteiger partial charge in [0.05, 0.1) is 6.26 Å². The van der Waals surface area contributed by atoms with Gasteiger partial charge in [-0.15, -0.1) is 0 Å². The fourth-order valence-corrected chi connectivity index (χ4v) is 6.56. The molecule has 2 fully saturated rings. The summed E-state index contributed by atoms with van der Waals surface area (Å²) in [4.78, 5) is 2.56. The number of hydrogen-bond donors (Lipinski definition) is 1. The predicted octanol–water partition coefficient (Wildman–Crippen LogP) is 4.60. The summed E-state index contributed by atoms with van der Waals surface area (Å²) in [5.74, 6) is 0.750. The lowest BCUT2D eigenvalue weighted by atomic mass is 9.74. The first-order chi connectivity index (χ1) is 15.4. The van der Waals surface area contributed by atoms with Gasteiger partial charge in [-0.05, 0) is 52.9 Å². The zero-order chi connectivity index (χ0) is 22.3. The Morgan fingerprint density at radius 3 is 2.38 bits per heavy atom. The van der Waals surface area contributed by atoms with Crippen molar-refractivity contribution in [3.63, 3.8) is 0 Å². The number of nitrogens with zero attached hydrogens (tertiary/aromatic N) is 1. The number of sulfonamides is 1. The molecule has 1 N–H and O–H groups in total. The molecule has 5 nitrogen and oxygen atoms in total. The van der Waals surface area contributed by atoms with Crippen LogP contribution in [0.25, 0.3) is 10.8 Å². The number of ether oxygens (including phenoxy) is 1. The van der Waals surface area contributed by atoms with Crippen molar-refractivity contribution in [3.8, 4) is 0 Å². The Kier molecular flexibility index (Phi) is 5.48. The van der Waals surface area contributed by atoms with Gasteiger partial charge in [-0.2, -0.15) is 0 Å². The number of methoxy groups -OCH3 is 1. The summed E-state index contributed by atoms with van der Waals surface area (Å²) < 4.78 is 32.4. The highest BCUT2D eigenvalue weighted by molar-refractivity contribution is 7.92. The van der Waals surface area contributed by atoms with Crippen LogP contribution in [0.15, 0.2) is 66.7 Å². The van der Waals surface area contributed by atoms with Crippen LogP contribution in [0.2, 0.25) is 0 Å². The van der Waals surface area contributed by atoms with Gasteiger partial charge in [-0.3, -0.25) is 9.62 Å². The normalized spacial score (nSPS) is 25.8. The van der Waals surface area contributed by atoms with Crippen molar-refractivity contribution in [3.05, 3.63) is 77.9 Å². The molecule has 0 aromatic heterocycles. The van der Waals surface area contributed by atoms with E-state index in [2.05, 4.69) is 58.2 Å². The van der Waals surface area contributed by atoms with Crippen molar-refractivity contribution in [2.24, 2.45) is 11.8 Å². The van der Waals surface area contributed by atoms with E-state index in [0.717, 1.165) is 38.0 Å². The van der Waals surface area contributed by atoms with Gasteiger partial charge in [-0.1, -0.05) is 48.5 Å². The maximum atomic E-state index is 11.7. The van der Waals surface area contributed by atoms with Crippen molar-refractivity contribution < 1.29 is 13.2 Å². The van der Waals surface area contributed by atoms with Crippen LogP contribution in [0.4, 0.5) is 5.69 Å². The maximum absolute atomic E-state index is 11.7. The van der Waals surface area contributed by atoms with Crippen LogP contribution in [-0.2, 0) is 26.9 Å². The molecule has 5 rings (SSSR count). The number of hydrogen-bond acceptors (Lipinski definition) is 4. The second kappa shape index (κ2) is 8.18. The van der Waals surface area contributed by atoms with Crippen LogP contribution >= 0.6 is 0 Å². The largest absolute Gasteiger partial charge is 0.373 e. The fraction of sp³-hybridized carbons (Fsp3) is 0.385. The first-order valence-electron chi connectivity index (χ1n) is 11.2. The standard InChI is InChI=1S/C26H30N2O3S/c1-31-26(22-8-5-9-25(15-22)27-32(2,29)30)23-12-13-24(26)18-28(17-23)16-19-10-11-20-6-3-4-7-21(20)14-19/h3-11,14-15,23-24,27H,12-13,16-18H2,1-2H3. The van der Waals surface area contributed by atoms with Crippen LogP contribution in [0.1, 0.15) is 24.0 Å². The molecule has 2 atom stereocenters. The minimum atomic E-state index is -3.32. The van der Waals surface area contributed by atoms with E-state index in [0.29, 0.717) is 17.5 Å². The summed E-state index contributed by atoms with van der Waals surface area (Å²) in [6, 6.07) is 23.0. The Labute approximate surface area is 190 Å². The zero-order valence-corrected chi connectivity index (χ0v) is 19.4. The van der Waals surface area contributed by atoms with Crippen LogP contribution in [-0.4, -0.2) is 39.8 Å². The zero-order valence-electron chi connectivity index (χ0n) is 18.6. The van der Waals surface area contributed by atoms with E-state index in [9.17, 15) is 8.42 Å². The SMILES string of the molecule is COC1(c2cccc(NS(C)(=O)=O)c2)C2CCC1CN(Cc1ccc3ccccc3c1)C2. The lowest BCUT2D eigenvalue weighted by Crippen LogP contribution is -2.52. The predicted molar refractivity (Wildman–Crippen MR) is 129 cm³/mol. The highest BCUT2D eigenvalue weighted by Gasteiger charge is 2.55. The molecule has 168 valence electrons. The molecule has 1 saturated carbocycles. The van der Waals surface area contributed by atoms with Gasteiger partial charge < -0.3 is 4.74 Å². The molecular weight excluding hydrogens is 420 g/mol. The number of likely N-dealkylation sites (tertiary alicyclic amines) is 1. The van der Waals surface area contributed by atoms with Gasteiger partial charge in [0.2, 0.25) is 10.0 Å². The van der Waals surface area contributed by atoms with E-state index in [1.54, 1.807) is 13.2 Å². The van der Waals surface area contributed by atoms with Gasteiger partial charge in [-0.25, -0.2) is 8.42 Å². The Bertz CT molecular complexity index is 1230. The minimum Gasteiger partial charge on any atom is -0.373 e. The smallest absolute Gasteiger partial charge is 0.229 e. The first-order valence-corrected chi connectivity index (χ1v) is 13.1. The number of piperidine rings is 1. The van der Waals surface area contributed by atoms with Crippen molar-refractivity contribution in [2.75, 3.05) is 31.2 Å². The second-order valence-corrected chi connectivity index (χ2v) is 11.0. The van der Waals surface area contributed by atoms with E-state index < -0.39 is 10.0 Å². The van der Waals surface area contributed by atoms with Gasteiger partial charge in [0, 0.05) is 44.3 Å². The summed E-state index contributed by atoms with van der Waals surface area (Å²) >= 11 is 0. The van der Waals surface area contributed by atoms with E-state index in [-0.39, 0.29) is 5.60 Å². The molecule has 32 heavy (non-hydrogen) atoms. The number of benzene rings is 3. The maximum Gasteiger partial charge on any atom is 0.229 e. The molecule has 1 aliphatic heterocycles. The van der Waals surface area contributed by atoms with Gasteiger partial charge >= 0.3 is 0 Å². The third-order valence-electron chi connectivity index (χ3n) is 7.21. The Morgan fingerprint density at radius 2 is 1.69 bits per heavy atom. The molecular formula is C26H30N2O3S. The number of fused-ring (bicyclic) bond motifs is 3. The third kappa shape index (κ3) is 3.91. The van der Waals surface area contributed by atoms with Crippen LogP contribution in [0.5, 0.6) is 0 Å². The van der Waals surface area contributed by atoms with Gasteiger partial charge in [0.25, 0.3) is 0 Å². The average Bonchev–Trinajstić information content (AvgIpc) is 2.96. The second-order valence-electron chi connectivity index (χ2n) is 9.30. The summed E-state index contributed by atoms with van der Waals surface area (Å²) in [5, 5.41) is 2.56. The monoisotopic (exact) mass is 450 g/mol. The highest BCUT2D eigenvalue weighted by atomic mass is 32.2. The van der Waals surface area contributed by atoms with Gasteiger partial charge in [0.1, 0.15) is 5.60 Å². The summed E-state index contributed by atoms with van der Waals surface area (Å²) in [6.45, 7) is 2.88. The minimum absolute atomic E-state index is 0.366. The number of nitrogens with one attached hydrogen (secondary N) is 1. The van der Waals surface area contributed by atoms with Crippen molar-refractivity contribution in [1.29, 1.82) is 0 Å². The molecule has 1 heterocycles.